The van der Waals surface area contributed by atoms with Crippen molar-refractivity contribution < 1.29 is 9.90 Å². The van der Waals surface area contributed by atoms with Crippen LogP contribution in [0.1, 0.15) is 64.7 Å². The molecule has 98 valence electrons. The first kappa shape index (κ1) is 13.1. The maximum absolute atomic E-state index is 12.1. The SMILES string of the molecule is CCCC1CCC(=O)C(C2CCCCC2O)C1. The molecule has 0 amide bonds. The quantitative estimate of drug-likeness (QED) is 0.819. The van der Waals surface area contributed by atoms with Crippen LogP contribution in [-0.4, -0.2) is 17.0 Å². The molecule has 4 unspecified atom stereocenters. The van der Waals surface area contributed by atoms with Crippen LogP contribution in [-0.2, 0) is 4.79 Å². The number of aliphatic hydroxyl groups is 1. The number of ketones is 1. The summed E-state index contributed by atoms with van der Waals surface area (Å²) < 4.78 is 0. The number of hydrogen-bond donors (Lipinski definition) is 1. The van der Waals surface area contributed by atoms with Gasteiger partial charge in [0.15, 0.2) is 0 Å². The van der Waals surface area contributed by atoms with Crippen LogP contribution in [0.25, 0.3) is 0 Å². The Morgan fingerprint density at radius 1 is 1.24 bits per heavy atom. The van der Waals surface area contributed by atoms with Gasteiger partial charge in [0.1, 0.15) is 5.78 Å². The average molecular weight is 238 g/mol. The summed E-state index contributed by atoms with van der Waals surface area (Å²) in [4.78, 5) is 12.1. The lowest BCUT2D eigenvalue weighted by Gasteiger charge is -2.38. The zero-order valence-electron chi connectivity index (χ0n) is 11.0. The van der Waals surface area contributed by atoms with E-state index in [0.717, 1.165) is 44.4 Å². The van der Waals surface area contributed by atoms with Crippen LogP contribution in [0, 0.1) is 17.8 Å². The summed E-state index contributed by atoms with van der Waals surface area (Å²) in [5.74, 6) is 1.62. The molecule has 0 spiro atoms. The first-order valence-electron chi connectivity index (χ1n) is 7.43. The Morgan fingerprint density at radius 2 is 2.00 bits per heavy atom. The summed E-state index contributed by atoms with van der Waals surface area (Å²) in [6, 6.07) is 0. The molecule has 17 heavy (non-hydrogen) atoms. The molecular weight excluding hydrogens is 212 g/mol. The lowest BCUT2D eigenvalue weighted by atomic mass is 9.68. The van der Waals surface area contributed by atoms with Gasteiger partial charge in [0, 0.05) is 12.3 Å². The van der Waals surface area contributed by atoms with Gasteiger partial charge < -0.3 is 5.11 Å². The fourth-order valence-electron chi connectivity index (χ4n) is 3.83. The minimum absolute atomic E-state index is 0.176. The number of rotatable bonds is 3. The van der Waals surface area contributed by atoms with E-state index in [-0.39, 0.29) is 17.9 Å². The molecule has 2 fully saturated rings. The molecular formula is C15H26O2. The van der Waals surface area contributed by atoms with Crippen LogP contribution in [0.4, 0.5) is 0 Å². The van der Waals surface area contributed by atoms with Gasteiger partial charge in [-0.05, 0) is 37.5 Å². The van der Waals surface area contributed by atoms with Crippen LogP contribution in [0.15, 0.2) is 0 Å². The van der Waals surface area contributed by atoms with Gasteiger partial charge in [0.2, 0.25) is 0 Å². The summed E-state index contributed by atoms with van der Waals surface area (Å²) in [5.41, 5.74) is 0. The molecule has 0 heterocycles. The van der Waals surface area contributed by atoms with Crippen molar-refractivity contribution in [2.75, 3.05) is 0 Å². The molecule has 2 aliphatic carbocycles. The van der Waals surface area contributed by atoms with Crippen LogP contribution in [0.2, 0.25) is 0 Å². The Balaban J connectivity index is 1.98. The second kappa shape index (κ2) is 5.99. The molecule has 0 aliphatic heterocycles. The normalized spacial score (nSPS) is 39.3. The van der Waals surface area contributed by atoms with Gasteiger partial charge in [0.05, 0.1) is 6.10 Å². The average Bonchev–Trinajstić information content (AvgIpc) is 2.33. The predicted molar refractivity (Wildman–Crippen MR) is 68.7 cm³/mol. The van der Waals surface area contributed by atoms with E-state index >= 15 is 0 Å². The molecule has 2 nitrogen and oxygen atoms in total. The molecule has 0 aromatic carbocycles. The molecule has 1 N–H and O–H groups in total. The van der Waals surface area contributed by atoms with E-state index in [1.54, 1.807) is 0 Å². The molecule has 0 aromatic heterocycles. The lowest BCUT2D eigenvalue weighted by molar-refractivity contribution is -0.130. The van der Waals surface area contributed by atoms with E-state index in [9.17, 15) is 9.90 Å². The van der Waals surface area contributed by atoms with E-state index in [2.05, 4.69) is 6.92 Å². The van der Waals surface area contributed by atoms with Crippen molar-refractivity contribution in [3.05, 3.63) is 0 Å². The second-order valence-electron chi connectivity index (χ2n) is 6.02. The topological polar surface area (TPSA) is 37.3 Å². The van der Waals surface area contributed by atoms with Gasteiger partial charge in [-0.25, -0.2) is 0 Å². The molecule has 0 aromatic rings. The van der Waals surface area contributed by atoms with Crippen molar-refractivity contribution in [2.24, 2.45) is 17.8 Å². The highest BCUT2D eigenvalue weighted by molar-refractivity contribution is 5.82. The van der Waals surface area contributed by atoms with Gasteiger partial charge >= 0.3 is 0 Å². The number of carbonyl (C=O) groups is 1. The maximum atomic E-state index is 12.1. The summed E-state index contributed by atoms with van der Waals surface area (Å²) in [7, 11) is 0. The molecule has 2 rings (SSSR count). The Morgan fingerprint density at radius 3 is 2.71 bits per heavy atom. The monoisotopic (exact) mass is 238 g/mol. The van der Waals surface area contributed by atoms with E-state index in [1.807, 2.05) is 0 Å². The van der Waals surface area contributed by atoms with Gasteiger partial charge in [-0.2, -0.15) is 0 Å². The van der Waals surface area contributed by atoms with Crippen LogP contribution in [0.3, 0.4) is 0 Å². The highest BCUT2D eigenvalue weighted by atomic mass is 16.3. The van der Waals surface area contributed by atoms with Gasteiger partial charge in [-0.3, -0.25) is 4.79 Å². The minimum atomic E-state index is -0.210. The second-order valence-corrected chi connectivity index (χ2v) is 6.02. The Kier molecular flexibility index (Phi) is 4.61. The third-order valence-corrected chi connectivity index (χ3v) is 4.80. The fourth-order valence-corrected chi connectivity index (χ4v) is 3.83. The van der Waals surface area contributed by atoms with Crippen LogP contribution in [0.5, 0.6) is 0 Å². The van der Waals surface area contributed by atoms with Crippen LogP contribution >= 0.6 is 0 Å². The number of aliphatic hydroxyl groups excluding tert-OH is 1. The Bertz CT molecular complexity index is 262. The number of hydrogen-bond acceptors (Lipinski definition) is 2. The molecule has 0 bridgehead atoms. The standard InChI is InChI=1S/C15H26O2/c1-2-5-11-8-9-15(17)13(10-11)12-6-3-4-7-14(12)16/h11-14,16H,2-10H2,1H3. The minimum Gasteiger partial charge on any atom is -0.393 e. The van der Waals surface area contributed by atoms with E-state index in [4.69, 9.17) is 0 Å². The summed E-state index contributed by atoms with van der Waals surface area (Å²) in [6.07, 6.45) is 9.48. The summed E-state index contributed by atoms with van der Waals surface area (Å²) in [5, 5.41) is 10.1. The van der Waals surface area contributed by atoms with E-state index < -0.39 is 0 Å². The van der Waals surface area contributed by atoms with Crippen LogP contribution < -0.4 is 0 Å². The van der Waals surface area contributed by atoms with Crippen molar-refractivity contribution in [1.29, 1.82) is 0 Å². The highest BCUT2D eigenvalue weighted by Crippen LogP contribution is 2.39. The van der Waals surface area contributed by atoms with Crippen molar-refractivity contribution in [3.8, 4) is 0 Å². The molecule has 0 radical (unpaired) electrons. The fraction of sp³-hybridized carbons (Fsp3) is 0.933. The third kappa shape index (κ3) is 3.09. The van der Waals surface area contributed by atoms with Gasteiger partial charge in [-0.1, -0.05) is 32.6 Å². The van der Waals surface area contributed by atoms with E-state index in [1.165, 1.54) is 19.3 Å². The first-order chi connectivity index (χ1) is 8.22. The zero-order valence-corrected chi connectivity index (χ0v) is 11.0. The van der Waals surface area contributed by atoms with Crippen molar-refractivity contribution in [2.45, 2.75) is 70.8 Å². The van der Waals surface area contributed by atoms with Crippen molar-refractivity contribution >= 4 is 5.78 Å². The Labute approximate surface area is 105 Å². The molecule has 2 heteroatoms. The highest BCUT2D eigenvalue weighted by Gasteiger charge is 2.38. The third-order valence-electron chi connectivity index (χ3n) is 4.80. The van der Waals surface area contributed by atoms with Gasteiger partial charge in [-0.15, -0.1) is 0 Å². The van der Waals surface area contributed by atoms with Gasteiger partial charge in [0.25, 0.3) is 0 Å². The van der Waals surface area contributed by atoms with E-state index in [0.29, 0.717) is 5.78 Å². The summed E-state index contributed by atoms with van der Waals surface area (Å²) >= 11 is 0. The predicted octanol–water partition coefficient (Wildman–Crippen LogP) is 3.32. The number of Topliss-reactive ketones (excluding diaryl/α,β-unsaturated/α-hetero) is 1. The van der Waals surface area contributed by atoms with Crippen molar-refractivity contribution in [3.63, 3.8) is 0 Å². The molecule has 0 saturated heterocycles. The first-order valence-corrected chi connectivity index (χ1v) is 7.43. The Hall–Kier alpha value is -0.370. The lowest BCUT2D eigenvalue weighted by Crippen LogP contribution is -2.38. The zero-order chi connectivity index (χ0) is 12.3. The maximum Gasteiger partial charge on any atom is 0.136 e. The summed E-state index contributed by atoms with van der Waals surface area (Å²) in [6.45, 7) is 2.22. The molecule has 2 aliphatic rings. The van der Waals surface area contributed by atoms with Crippen molar-refractivity contribution in [1.82, 2.24) is 0 Å². The molecule has 2 saturated carbocycles. The number of carbonyl (C=O) groups excluding carboxylic acids is 1. The molecule has 4 atom stereocenters. The smallest absolute Gasteiger partial charge is 0.136 e. The largest absolute Gasteiger partial charge is 0.393 e.